The van der Waals surface area contributed by atoms with Gasteiger partial charge >= 0.3 is 0 Å². The van der Waals surface area contributed by atoms with E-state index in [1.165, 1.54) is 12.8 Å². The minimum Gasteiger partial charge on any atom is -0.463 e. The lowest BCUT2D eigenvalue weighted by Gasteiger charge is -2.20. The second-order valence-electron chi connectivity index (χ2n) is 7.06. The monoisotopic (exact) mass is 398 g/mol. The predicted octanol–water partition coefficient (Wildman–Crippen LogP) is 3.95. The normalized spacial score (nSPS) is 14.5. The number of rotatable bonds is 6. The predicted molar refractivity (Wildman–Crippen MR) is 109 cm³/mol. The molecule has 0 saturated carbocycles. The highest BCUT2D eigenvalue weighted by Gasteiger charge is 2.21. The van der Waals surface area contributed by atoms with Crippen LogP contribution in [0, 0.1) is 0 Å². The molecule has 1 saturated heterocycles. The van der Waals surface area contributed by atoms with Crippen molar-refractivity contribution in [3.05, 3.63) is 59.4 Å². The van der Waals surface area contributed by atoms with Crippen molar-refractivity contribution < 1.29 is 9.21 Å². The van der Waals surface area contributed by atoms with Crippen molar-refractivity contribution >= 4 is 17.5 Å². The van der Waals surface area contributed by atoms with Gasteiger partial charge in [0.1, 0.15) is 5.69 Å². The molecule has 146 valence electrons. The minimum atomic E-state index is -0.0975. The van der Waals surface area contributed by atoms with Gasteiger partial charge in [-0.1, -0.05) is 11.6 Å². The van der Waals surface area contributed by atoms with E-state index in [-0.39, 0.29) is 5.91 Å². The summed E-state index contributed by atoms with van der Waals surface area (Å²) in [6.07, 6.45) is 4.10. The topological polar surface area (TPSA) is 54.5 Å². The van der Waals surface area contributed by atoms with Gasteiger partial charge in [0, 0.05) is 31.2 Å². The maximum Gasteiger partial charge on any atom is 0.274 e. The molecule has 1 aliphatic rings. The Kier molecular flexibility index (Phi) is 5.50. The van der Waals surface area contributed by atoms with Gasteiger partial charge in [0.15, 0.2) is 11.5 Å². The summed E-state index contributed by atoms with van der Waals surface area (Å²) in [6.45, 7) is 3.82. The molecule has 1 aliphatic heterocycles. The first-order valence-corrected chi connectivity index (χ1v) is 9.87. The second kappa shape index (κ2) is 8.20. The number of hydrogen-bond donors (Lipinski definition) is 0. The number of aromatic nitrogens is 2. The molecule has 0 spiro atoms. The zero-order valence-corrected chi connectivity index (χ0v) is 16.6. The van der Waals surface area contributed by atoms with Crippen LogP contribution in [-0.4, -0.2) is 58.7 Å². The molecule has 1 aromatic carbocycles. The highest BCUT2D eigenvalue weighted by molar-refractivity contribution is 6.30. The van der Waals surface area contributed by atoms with Crippen molar-refractivity contribution in [1.29, 1.82) is 0 Å². The summed E-state index contributed by atoms with van der Waals surface area (Å²) in [5.41, 5.74) is 1.93. The Morgan fingerprint density at radius 2 is 1.96 bits per heavy atom. The van der Waals surface area contributed by atoms with Crippen LogP contribution in [0.25, 0.3) is 17.1 Å². The molecular weight excluding hydrogens is 376 g/mol. The highest BCUT2D eigenvalue weighted by atomic mass is 35.5. The van der Waals surface area contributed by atoms with E-state index in [9.17, 15) is 4.79 Å². The number of carbonyl (C=O) groups is 1. The summed E-state index contributed by atoms with van der Waals surface area (Å²) in [4.78, 5) is 17.1. The molecule has 1 amide bonds. The van der Waals surface area contributed by atoms with Crippen LogP contribution in [0.1, 0.15) is 23.3 Å². The van der Waals surface area contributed by atoms with E-state index in [2.05, 4.69) is 10.00 Å². The molecule has 4 rings (SSSR count). The number of amides is 1. The van der Waals surface area contributed by atoms with E-state index >= 15 is 0 Å². The number of carbonyl (C=O) groups excluding carboxylic acids is 1. The van der Waals surface area contributed by atoms with Gasteiger partial charge in [-0.25, -0.2) is 4.68 Å². The third-order valence-corrected chi connectivity index (χ3v) is 5.32. The Morgan fingerprint density at radius 3 is 2.64 bits per heavy atom. The van der Waals surface area contributed by atoms with Crippen LogP contribution in [0.5, 0.6) is 0 Å². The van der Waals surface area contributed by atoms with Crippen LogP contribution in [0.4, 0.5) is 0 Å². The third kappa shape index (κ3) is 3.98. The molecule has 0 N–H and O–H groups in total. The van der Waals surface area contributed by atoms with Crippen LogP contribution in [0.15, 0.2) is 53.1 Å². The standard InChI is InChI=1S/C21H23ClN4O2/c1-24(12-13-25-10-2-3-11-25)21(27)18-15-19(20-5-4-14-28-20)26(23-18)17-8-6-16(22)7-9-17/h4-9,14-15H,2-3,10-13H2,1H3. The molecule has 3 heterocycles. The van der Waals surface area contributed by atoms with E-state index in [0.717, 1.165) is 31.0 Å². The number of halogens is 1. The number of likely N-dealkylation sites (tertiary alicyclic amines) is 1. The minimum absolute atomic E-state index is 0.0975. The fourth-order valence-electron chi connectivity index (χ4n) is 3.46. The molecule has 0 aliphatic carbocycles. The summed E-state index contributed by atoms with van der Waals surface area (Å²) in [5.74, 6) is 0.556. The van der Waals surface area contributed by atoms with Gasteiger partial charge in [0.05, 0.1) is 12.0 Å². The molecule has 7 heteroatoms. The molecule has 2 aromatic heterocycles. The van der Waals surface area contributed by atoms with Crippen LogP contribution in [0.2, 0.25) is 5.02 Å². The number of nitrogens with zero attached hydrogens (tertiary/aromatic N) is 4. The molecule has 0 bridgehead atoms. The van der Waals surface area contributed by atoms with E-state index < -0.39 is 0 Å². The first kappa shape index (κ1) is 18.8. The Balaban J connectivity index is 1.59. The zero-order chi connectivity index (χ0) is 19.5. The second-order valence-corrected chi connectivity index (χ2v) is 7.49. The maximum atomic E-state index is 12.9. The summed E-state index contributed by atoms with van der Waals surface area (Å²) in [5, 5.41) is 5.22. The van der Waals surface area contributed by atoms with Crippen molar-refractivity contribution in [2.75, 3.05) is 33.2 Å². The quantitative estimate of drug-likeness (QED) is 0.630. The van der Waals surface area contributed by atoms with Gasteiger partial charge < -0.3 is 14.2 Å². The van der Waals surface area contributed by atoms with Gasteiger partial charge in [-0.3, -0.25) is 4.79 Å². The third-order valence-electron chi connectivity index (χ3n) is 5.07. The SMILES string of the molecule is CN(CCN1CCCC1)C(=O)c1cc(-c2ccco2)n(-c2ccc(Cl)cc2)n1. The number of hydrogen-bond acceptors (Lipinski definition) is 4. The van der Waals surface area contributed by atoms with Crippen LogP contribution >= 0.6 is 11.6 Å². The maximum absolute atomic E-state index is 12.9. The lowest BCUT2D eigenvalue weighted by Crippen LogP contribution is -2.35. The summed E-state index contributed by atoms with van der Waals surface area (Å²) in [6, 6.07) is 12.8. The first-order valence-electron chi connectivity index (χ1n) is 9.49. The molecule has 0 atom stereocenters. The van der Waals surface area contributed by atoms with Crippen molar-refractivity contribution in [3.8, 4) is 17.1 Å². The first-order chi connectivity index (χ1) is 13.6. The Bertz CT molecular complexity index is 928. The number of benzene rings is 1. The molecule has 6 nitrogen and oxygen atoms in total. The Hall–Kier alpha value is -2.57. The van der Waals surface area contributed by atoms with E-state index in [1.807, 2.05) is 31.3 Å². The summed E-state index contributed by atoms with van der Waals surface area (Å²) in [7, 11) is 1.83. The number of furan rings is 1. The lowest BCUT2D eigenvalue weighted by atomic mass is 10.2. The van der Waals surface area contributed by atoms with Crippen molar-refractivity contribution in [2.24, 2.45) is 0 Å². The van der Waals surface area contributed by atoms with Crippen LogP contribution in [0.3, 0.4) is 0 Å². The molecule has 0 radical (unpaired) electrons. The average Bonchev–Trinajstić information content (AvgIpc) is 3.47. The van der Waals surface area contributed by atoms with Crippen molar-refractivity contribution in [2.45, 2.75) is 12.8 Å². The molecule has 1 fully saturated rings. The fourth-order valence-corrected chi connectivity index (χ4v) is 3.59. The largest absolute Gasteiger partial charge is 0.463 e. The summed E-state index contributed by atoms with van der Waals surface area (Å²) >= 11 is 6.01. The van der Waals surface area contributed by atoms with Crippen LogP contribution in [-0.2, 0) is 0 Å². The summed E-state index contributed by atoms with van der Waals surface area (Å²) < 4.78 is 7.27. The van der Waals surface area contributed by atoms with Crippen molar-refractivity contribution in [1.82, 2.24) is 19.6 Å². The fraction of sp³-hybridized carbons (Fsp3) is 0.333. The molecular formula is C21H23ClN4O2. The average molecular weight is 399 g/mol. The van der Waals surface area contributed by atoms with Crippen LogP contribution < -0.4 is 0 Å². The Labute approximate surface area is 169 Å². The lowest BCUT2D eigenvalue weighted by molar-refractivity contribution is 0.0776. The van der Waals surface area contributed by atoms with Gasteiger partial charge in [-0.2, -0.15) is 5.10 Å². The molecule has 28 heavy (non-hydrogen) atoms. The molecule has 0 unspecified atom stereocenters. The van der Waals surface area contributed by atoms with E-state index in [0.29, 0.717) is 23.0 Å². The Morgan fingerprint density at radius 1 is 1.21 bits per heavy atom. The van der Waals surface area contributed by atoms with E-state index in [4.69, 9.17) is 16.0 Å². The van der Waals surface area contributed by atoms with Gasteiger partial charge in [0.2, 0.25) is 0 Å². The highest BCUT2D eigenvalue weighted by Crippen LogP contribution is 2.25. The van der Waals surface area contributed by atoms with E-state index in [1.54, 1.807) is 34.0 Å². The smallest absolute Gasteiger partial charge is 0.274 e. The van der Waals surface area contributed by atoms with Gasteiger partial charge in [-0.15, -0.1) is 0 Å². The zero-order valence-electron chi connectivity index (χ0n) is 15.8. The van der Waals surface area contributed by atoms with Crippen molar-refractivity contribution in [3.63, 3.8) is 0 Å². The number of likely N-dealkylation sites (N-methyl/N-ethyl adjacent to an activating group) is 1. The van der Waals surface area contributed by atoms with Gasteiger partial charge in [-0.05, 0) is 62.3 Å². The van der Waals surface area contributed by atoms with Gasteiger partial charge in [0.25, 0.3) is 5.91 Å². The molecule has 3 aromatic rings.